The van der Waals surface area contributed by atoms with E-state index in [-0.39, 0.29) is 17.4 Å². The van der Waals surface area contributed by atoms with E-state index in [1.807, 2.05) is 0 Å². The Balaban J connectivity index is 2.43. The van der Waals surface area contributed by atoms with Crippen molar-refractivity contribution < 1.29 is 18.5 Å². The molecule has 1 heterocycles. The van der Waals surface area contributed by atoms with E-state index in [9.17, 15) is 13.8 Å². The Bertz CT molecular complexity index is 510. The van der Waals surface area contributed by atoms with E-state index in [1.54, 1.807) is 12.1 Å². The summed E-state index contributed by atoms with van der Waals surface area (Å²) >= 11 is 5.99. The molecular formula is C11H9ClO4S. The van der Waals surface area contributed by atoms with Crippen LogP contribution in [0.5, 0.6) is 0 Å². The van der Waals surface area contributed by atoms with E-state index in [0.29, 0.717) is 10.5 Å². The van der Waals surface area contributed by atoms with Crippen LogP contribution in [-0.4, -0.2) is 28.8 Å². The molecule has 1 aromatic carbocycles. The van der Waals surface area contributed by atoms with E-state index >= 15 is 0 Å². The van der Waals surface area contributed by atoms with Crippen molar-refractivity contribution in [1.82, 2.24) is 0 Å². The number of hydrogen-bond donors (Lipinski definition) is 0. The molecule has 1 aromatic rings. The fraction of sp³-hybridized carbons (Fsp3) is 0.273. The molecule has 0 aliphatic carbocycles. The number of rotatable bonds is 2. The predicted molar refractivity (Wildman–Crippen MR) is 62.5 cm³/mol. The Labute approximate surface area is 105 Å². The van der Waals surface area contributed by atoms with Crippen molar-refractivity contribution >= 4 is 34.2 Å². The molecule has 0 amide bonds. The van der Waals surface area contributed by atoms with Gasteiger partial charge in [0.15, 0.2) is 12.4 Å². The highest BCUT2D eigenvalue weighted by atomic mass is 35.5. The quantitative estimate of drug-likeness (QED) is 0.601. The lowest BCUT2D eigenvalue weighted by molar-refractivity contribution is -0.139. The van der Waals surface area contributed by atoms with Gasteiger partial charge in [0.25, 0.3) is 0 Å². The van der Waals surface area contributed by atoms with E-state index in [2.05, 4.69) is 4.74 Å². The van der Waals surface area contributed by atoms with Gasteiger partial charge in [-0.1, -0.05) is 17.7 Å². The smallest absolute Gasteiger partial charge is 0.321 e. The molecule has 6 heteroatoms. The molecule has 0 N–H and O–H groups in total. The maximum absolute atomic E-state index is 11.5. The Morgan fingerprint density at radius 2 is 2.12 bits per heavy atom. The number of carbonyl (C=O) groups excluding carboxylic acids is 2. The zero-order valence-electron chi connectivity index (χ0n) is 8.94. The van der Waals surface area contributed by atoms with Crippen LogP contribution in [0.4, 0.5) is 0 Å². The molecule has 1 aliphatic heterocycles. The molecular weight excluding hydrogens is 264 g/mol. The van der Waals surface area contributed by atoms with Gasteiger partial charge in [0, 0.05) is 27.0 Å². The van der Waals surface area contributed by atoms with Crippen molar-refractivity contribution in [3.05, 3.63) is 28.8 Å². The highest BCUT2D eigenvalue weighted by molar-refractivity contribution is 7.84. The fourth-order valence-corrected chi connectivity index (χ4v) is 2.56. The minimum Gasteiger partial charge on any atom is -0.457 e. The van der Waals surface area contributed by atoms with Crippen LogP contribution in [0.2, 0.25) is 5.02 Å². The van der Waals surface area contributed by atoms with Crippen molar-refractivity contribution in [2.45, 2.75) is 10.8 Å². The third kappa shape index (κ3) is 2.25. The van der Waals surface area contributed by atoms with Crippen molar-refractivity contribution in [1.29, 1.82) is 0 Å². The number of hydrogen-bond acceptors (Lipinski definition) is 4. The Hall–Kier alpha value is -1.20. The topological polar surface area (TPSA) is 60.4 Å². The molecule has 1 fully saturated rings. The summed E-state index contributed by atoms with van der Waals surface area (Å²) in [6, 6.07) is 4.65. The van der Waals surface area contributed by atoms with Crippen LogP contribution in [0.15, 0.2) is 23.1 Å². The molecule has 0 aromatic heterocycles. The second-order valence-corrected chi connectivity index (χ2v) is 5.43. The minimum atomic E-state index is -1.15. The second-order valence-electron chi connectivity index (χ2n) is 3.64. The largest absolute Gasteiger partial charge is 0.457 e. The molecule has 0 saturated carbocycles. The van der Waals surface area contributed by atoms with Gasteiger partial charge in [0.05, 0.1) is 0 Å². The maximum Gasteiger partial charge on any atom is 0.321 e. The first kappa shape index (κ1) is 12.3. The van der Waals surface area contributed by atoms with Gasteiger partial charge in [-0.15, -0.1) is 0 Å². The standard InChI is InChI=1S/C11H9ClO4S/c1-17(15)6-2-3-7(8(12)4-6)10-9(13)5-16-11(10)14/h2-4,10H,5H2,1H3. The van der Waals surface area contributed by atoms with Gasteiger partial charge in [-0.2, -0.15) is 0 Å². The van der Waals surface area contributed by atoms with Crippen LogP contribution in [0.1, 0.15) is 11.5 Å². The normalized spacial score (nSPS) is 21.4. The lowest BCUT2D eigenvalue weighted by Gasteiger charge is -2.08. The number of benzene rings is 1. The minimum absolute atomic E-state index is 0.207. The summed E-state index contributed by atoms with van der Waals surface area (Å²) in [6.07, 6.45) is 1.53. The molecule has 90 valence electrons. The van der Waals surface area contributed by atoms with E-state index in [0.717, 1.165) is 0 Å². The average molecular weight is 273 g/mol. The number of halogens is 1. The molecule has 1 aliphatic rings. The van der Waals surface area contributed by atoms with Gasteiger partial charge in [-0.3, -0.25) is 13.8 Å². The zero-order valence-corrected chi connectivity index (χ0v) is 10.5. The van der Waals surface area contributed by atoms with E-state index in [4.69, 9.17) is 11.6 Å². The van der Waals surface area contributed by atoms with E-state index < -0.39 is 22.7 Å². The summed E-state index contributed by atoms with van der Waals surface area (Å²) in [5, 5.41) is 0.259. The molecule has 2 unspecified atom stereocenters. The third-order valence-corrected chi connectivity index (χ3v) is 3.77. The Morgan fingerprint density at radius 1 is 1.41 bits per heavy atom. The molecule has 0 spiro atoms. The third-order valence-electron chi connectivity index (χ3n) is 2.53. The SMILES string of the molecule is CS(=O)c1ccc(C2C(=O)COC2=O)c(Cl)c1. The monoisotopic (exact) mass is 272 g/mol. The van der Waals surface area contributed by atoms with E-state index in [1.165, 1.54) is 12.3 Å². The first-order valence-corrected chi connectivity index (χ1v) is 6.76. The lowest BCUT2D eigenvalue weighted by Crippen LogP contribution is -2.13. The van der Waals surface area contributed by atoms with Crippen molar-refractivity contribution in [2.24, 2.45) is 0 Å². The van der Waals surface area contributed by atoms with Gasteiger partial charge in [-0.05, 0) is 17.7 Å². The molecule has 1 saturated heterocycles. The van der Waals surface area contributed by atoms with Crippen molar-refractivity contribution in [3.8, 4) is 0 Å². The number of ether oxygens (including phenoxy) is 1. The molecule has 2 rings (SSSR count). The molecule has 0 radical (unpaired) electrons. The lowest BCUT2D eigenvalue weighted by atomic mass is 9.97. The molecule has 17 heavy (non-hydrogen) atoms. The predicted octanol–water partition coefficient (Wildman–Crippen LogP) is 1.29. The molecule has 2 atom stereocenters. The summed E-state index contributed by atoms with van der Waals surface area (Å²) < 4.78 is 15.9. The number of ketones is 1. The van der Waals surface area contributed by atoms with Gasteiger partial charge in [-0.25, -0.2) is 0 Å². The van der Waals surface area contributed by atoms with Crippen LogP contribution >= 0.6 is 11.6 Å². The summed E-state index contributed by atoms with van der Waals surface area (Å²) in [6.45, 7) is -0.207. The number of esters is 1. The first-order valence-electron chi connectivity index (χ1n) is 4.83. The fourth-order valence-electron chi connectivity index (χ4n) is 1.66. The Kier molecular flexibility index (Phi) is 3.31. The van der Waals surface area contributed by atoms with Gasteiger partial charge in [0.2, 0.25) is 0 Å². The summed E-state index contributed by atoms with van der Waals surface area (Å²) in [5.74, 6) is -1.83. The van der Waals surface area contributed by atoms with Gasteiger partial charge < -0.3 is 4.74 Å². The molecule has 4 nitrogen and oxygen atoms in total. The first-order chi connectivity index (χ1) is 8.00. The van der Waals surface area contributed by atoms with Crippen molar-refractivity contribution in [3.63, 3.8) is 0 Å². The average Bonchev–Trinajstić information content (AvgIpc) is 2.59. The number of cyclic esters (lactones) is 1. The van der Waals surface area contributed by atoms with Crippen LogP contribution < -0.4 is 0 Å². The molecule has 0 bridgehead atoms. The maximum atomic E-state index is 11.5. The van der Waals surface area contributed by atoms with Crippen LogP contribution in [0.25, 0.3) is 0 Å². The van der Waals surface area contributed by atoms with Crippen molar-refractivity contribution in [2.75, 3.05) is 12.9 Å². The number of carbonyl (C=O) groups is 2. The van der Waals surface area contributed by atoms with Crippen LogP contribution in [-0.2, 0) is 25.1 Å². The summed E-state index contributed by atoms with van der Waals surface area (Å²) in [5.41, 5.74) is 0.411. The number of Topliss-reactive ketones (excluding diaryl/α,β-unsaturated/α-hetero) is 1. The second kappa shape index (κ2) is 4.58. The summed E-state index contributed by atoms with van der Waals surface area (Å²) in [7, 11) is -1.15. The highest BCUT2D eigenvalue weighted by Crippen LogP contribution is 2.31. The van der Waals surface area contributed by atoms with Gasteiger partial charge >= 0.3 is 5.97 Å². The van der Waals surface area contributed by atoms with Gasteiger partial charge in [0.1, 0.15) is 5.92 Å². The summed E-state index contributed by atoms with van der Waals surface area (Å²) in [4.78, 5) is 23.4. The Morgan fingerprint density at radius 3 is 2.59 bits per heavy atom. The van der Waals surface area contributed by atoms with Crippen LogP contribution in [0, 0.1) is 0 Å². The highest BCUT2D eigenvalue weighted by Gasteiger charge is 2.37. The van der Waals surface area contributed by atoms with Crippen LogP contribution in [0.3, 0.4) is 0 Å². The zero-order chi connectivity index (χ0) is 12.6.